The monoisotopic (exact) mass is 395 g/mol. The molecule has 0 saturated heterocycles. The normalized spacial score (nSPS) is 12.6. The first-order valence-electron chi connectivity index (χ1n) is 7.67. The molecule has 8 N–H and O–H groups in total. The summed E-state index contributed by atoms with van der Waals surface area (Å²) in [6.07, 6.45) is 4.62. The molecule has 2 amide bonds. The summed E-state index contributed by atoms with van der Waals surface area (Å²) in [6.45, 7) is 0.181. The van der Waals surface area contributed by atoms with Crippen molar-refractivity contribution in [3.63, 3.8) is 0 Å². The Kier molecular flexibility index (Phi) is 11.5. The fourth-order valence-electron chi connectivity index (χ4n) is 2.10. The van der Waals surface area contributed by atoms with Crippen LogP contribution in [0, 0.1) is 0 Å². The van der Waals surface area contributed by atoms with E-state index in [2.05, 4.69) is 20.6 Å². The molecule has 0 aliphatic carbocycles. The molecule has 1 radical (unpaired) electrons. The second-order valence-corrected chi connectivity index (χ2v) is 5.29. The average Bonchev–Trinajstić information content (AvgIpc) is 3.06. The molecule has 0 spiro atoms. The number of carbonyl (C=O) groups is 3. The minimum Gasteiger partial charge on any atom is -0.480 e. The molecule has 0 bridgehead atoms. The van der Waals surface area contributed by atoms with Gasteiger partial charge in [-0.1, -0.05) is 0 Å². The smallest absolute Gasteiger partial charge is 0.326 e. The van der Waals surface area contributed by atoms with Crippen LogP contribution in [-0.4, -0.2) is 58.0 Å². The zero-order chi connectivity index (χ0) is 17.9. The summed E-state index contributed by atoms with van der Waals surface area (Å²) in [7, 11) is 0. The quantitative estimate of drug-likeness (QED) is 0.187. The van der Waals surface area contributed by atoms with Gasteiger partial charge in [0.15, 0.2) is 0 Å². The maximum atomic E-state index is 12.4. The molecule has 1 aromatic rings. The Morgan fingerprint density at radius 1 is 1.20 bits per heavy atom. The van der Waals surface area contributed by atoms with E-state index in [1.165, 1.54) is 12.5 Å². The predicted molar refractivity (Wildman–Crippen MR) is 85.7 cm³/mol. The molecule has 0 aromatic carbocycles. The topological polar surface area (TPSA) is 176 Å². The first kappa shape index (κ1) is 23.1. The summed E-state index contributed by atoms with van der Waals surface area (Å²) in [5.41, 5.74) is 11.3. The maximum absolute atomic E-state index is 12.4. The number of H-pyrrole nitrogens is 1. The van der Waals surface area contributed by atoms with Crippen LogP contribution in [0.5, 0.6) is 0 Å². The second-order valence-electron chi connectivity index (χ2n) is 5.29. The van der Waals surface area contributed by atoms with E-state index in [1.54, 1.807) is 0 Å². The van der Waals surface area contributed by atoms with E-state index < -0.39 is 29.9 Å². The van der Waals surface area contributed by atoms with Crippen molar-refractivity contribution in [3.8, 4) is 0 Å². The number of carboxylic acid groups (broad SMARTS) is 1. The zero-order valence-corrected chi connectivity index (χ0v) is 14.9. The van der Waals surface area contributed by atoms with Crippen LogP contribution in [0.25, 0.3) is 0 Å². The molecule has 0 aliphatic heterocycles. The van der Waals surface area contributed by atoms with E-state index in [4.69, 9.17) is 11.5 Å². The Morgan fingerprint density at radius 3 is 2.44 bits per heavy atom. The van der Waals surface area contributed by atoms with Gasteiger partial charge in [-0.05, 0) is 25.8 Å². The van der Waals surface area contributed by atoms with Crippen LogP contribution in [0.15, 0.2) is 12.5 Å². The zero-order valence-electron chi connectivity index (χ0n) is 13.7. The van der Waals surface area contributed by atoms with Gasteiger partial charge in [-0.2, -0.15) is 0 Å². The van der Waals surface area contributed by atoms with E-state index in [0.29, 0.717) is 25.1 Å². The van der Waals surface area contributed by atoms with Gasteiger partial charge in [0.2, 0.25) is 11.8 Å². The molecule has 0 unspecified atom stereocenters. The van der Waals surface area contributed by atoms with Gasteiger partial charge in [-0.15, -0.1) is 0 Å². The van der Waals surface area contributed by atoms with Gasteiger partial charge in [0.05, 0.1) is 12.9 Å². The SMILES string of the molecule is NCCCC[C@H](NC(=O)[C@@H](Cc1cnc[nH]1)NC(=O)CN)C(=O)O.[Mn]. The van der Waals surface area contributed by atoms with Crippen LogP contribution in [0.2, 0.25) is 0 Å². The van der Waals surface area contributed by atoms with Gasteiger partial charge in [-0.25, -0.2) is 9.78 Å². The minimum absolute atomic E-state index is 0. The van der Waals surface area contributed by atoms with Gasteiger partial charge in [0, 0.05) is 35.4 Å². The minimum atomic E-state index is -1.13. The largest absolute Gasteiger partial charge is 0.480 e. The molecule has 10 nitrogen and oxygen atoms in total. The molecule has 25 heavy (non-hydrogen) atoms. The standard InChI is InChI=1S/C14H24N6O4.Mn/c15-4-2-1-3-10(14(23)24)20-13(22)11(19-12(21)6-16)5-9-7-17-8-18-9;/h7-8,10-11H,1-6,15-16H2,(H,17,18)(H,19,21)(H,20,22)(H,23,24);/t10-,11+;/m0./s1. The molecule has 141 valence electrons. The third kappa shape index (κ3) is 8.64. The molecule has 1 rings (SSSR count). The van der Waals surface area contributed by atoms with E-state index >= 15 is 0 Å². The van der Waals surface area contributed by atoms with Crippen molar-refractivity contribution >= 4 is 17.8 Å². The first-order valence-corrected chi connectivity index (χ1v) is 7.67. The molecule has 1 heterocycles. The van der Waals surface area contributed by atoms with Crippen LogP contribution in [0.1, 0.15) is 25.0 Å². The van der Waals surface area contributed by atoms with Crippen molar-refractivity contribution in [1.82, 2.24) is 20.6 Å². The van der Waals surface area contributed by atoms with Gasteiger partial charge in [0.25, 0.3) is 0 Å². The number of aliphatic carboxylic acids is 1. The van der Waals surface area contributed by atoms with Crippen molar-refractivity contribution in [1.29, 1.82) is 0 Å². The van der Waals surface area contributed by atoms with E-state index in [-0.39, 0.29) is 36.5 Å². The number of aromatic nitrogens is 2. The number of carboxylic acids is 1. The third-order valence-corrected chi connectivity index (χ3v) is 3.38. The molecule has 0 saturated carbocycles. The molecule has 0 aliphatic rings. The molecule has 2 atom stereocenters. The molecular formula is C14H24MnN6O4. The summed E-state index contributed by atoms with van der Waals surface area (Å²) in [6, 6.07) is -1.99. The average molecular weight is 395 g/mol. The number of nitrogens with zero attached hydrogens (tertiary/aromatic N) is 1. The van der Waals surface area contributed by atoms with Gasteiger partial charge in [-0.3, -0.25) is 9.59 Å². The van der Waals surface area contributed by atoms with Crippen molar-refractivity contribution in [2.75, 3.05) is 13.1 Å². The molecule has 11 heteroatoms. The number of carbonyl (C=O) groups excluding carboxylic acids is 2. The van der Waals surface area contributed by atoms with Crippen molar-refractivity contribution in [2.45, 2.75) is 37.8 Å². The van der Waals surface area contributed by atoms with Gasteiger partial charge in [0.1, 0.15) is 12.1 Å². The van der Waals surface area contributed by atoms with Crippen molar-refractivity contribution < 1.29 is 36.6 Å². The Balaban J connectivity index is 0.00000576. The number of hydrogen-bond donors (Lipinski definition) is 6. The summed E-state index contributed by atoms with van der Waals surface area (Å²) >= 11 is 0. The molecule has 0 fully saturated rings. The summed E-state index contributed by atoms with van der Waals surface area (Å²) < 4.78 is 0. The van der Waals surface area contributed by atoms with Crippen LogP contribution < -0.4 is 22.1 Å². The molecule has 1 aromatic heterocycles. The van der Waals surface area contributed by atoms with E-state index in [0.717, 1.165) is 0 Å². The third-order valence-electron chi connectivity index (χ3n) is 3.38. The van der Waals surface area contributed by atoms with Gasteiger partial charge < -0.3 is 32.2 Å². The number of nitrogens with one attached hydrogen (secondary N) is 3. The van der Waals surface area contributed by atoms with Crippen LogP contribution in [0.3, 0.4) is 0 Å². The second kappa shape index (κ2) is 12.4. The Labute approximate surface area is 156 Å². The van der Waals surface area contributed by atoms with E-state index in [9.17, 15) is 19.5 Å². The summed E-state index contributed by atoms with van der Waals surface area (Å²) in [5.74, 6) is -2.23. The summed E-state index contributed by atoms with van der Waals surface area (Å²) in [4.78, 5) is 41.8. The number of imidazole rings is 1. The van der Waals surface area contributed by atoms with E-state index in [1.807, 2.05) is 0 Å². The van der Waals surface area contributed by atoms with Gasteiger partial charge >= 0.3 is 5.97 Å². The van der Waals surface area contributed by atoms with Crippen LogP contribution in [0.4, 0.5) is 0 Å². The predicted octanol–water partition coefficient (Wildman–Crippen LogP) is -1.91. The number of aromatic amines is 1. The number of nitrogens with two attached hydrogens (primary N) is 2. The Bertz CT molecular complexity index is 539. The van der Waals surface area contributed by atoms with Crippen LogP contribution in [-0.2, 0) is 37.9 Å². The Hall–Kier alpha value is -1.94. The number of unbranched alkanes of at least 4 members (excludes halogenated alkanes) is 1. The fourth-order valence-corrected chi connectivity index (χ4v) is 2.10. The maximum Gasteiger partial charge on any atom is 0.326 e. The summed E-state index contributed by atoms with van der Waals surface area (Å²) in [5, 5.41) is 14.1. The van der Waals surface area contributed by atoms with Crippen molar-refractivity contribution in [3.05, 3.63) is 18.2 Å². The van der Waals surface area contributed by atoms with Crippen LogP contribution >= 0.6 is 0 Å². The Morgan fingerprint density at radius 2 is 1.92 bits per heavy atom. The fraction of sp³-hybridized carbons (Fsp3) is 0.571. The first-order chi connectivity index (χ1) is 11.5. The number of amides is 2. The molecular weight excluding hydrogens is 371 g/mol. The number of hydrogen-bond acceptors (Lipinski definition) is 6. The van der Waals surface area contributed by atoms with Crippen molar-refractivity contribution in [2.24, 2.45) is 11.5 Å². The number of rotatable bonds is 11.